The van der Waals surface area contributed by atoms with Crippen LogP contribution < -0.4 is 10.1 Å². The molecule has 0 saturated heterocycles. The number of hydrogen-bond acceptors (Lipinski definition) is 5. The zero-order valence-corrected chi connectivity index (χ0v) is 22.9. The molecule has 0 saturated carbocycles. The zero-order valence-electron chi connectivity index (χ0n) is 22.9. The summed E-state index contributed by atoms with van der Waals surface area (Å²) in [6, 6.07) is 21.5. The Kier molecular flexibility index (Phi) is 6.95. The Morgan fingerprint density at radius 1 is 1.02 bits per heavy atom. The molecule has 8 heteroatoms. The molecule has 0 radical (unpaired) electrons. The minimum Gasteiger partial charge on any atom is -0.465 e. The van der Waals surface area contributed by atoms with E-state index in [1.807, 2.05) is 43.3 Å². The summed E-state index contributed by atoms with van der Waals surface area (Å²) in [5.41, 5.74) is 5.68. The highest BCUT2D eigenvalue weighted by Crippen LogP contribution is 2.29. The number of benzene rings is 2. The van der Waals surface area contributed by atoms with E-state index in [2.05, 4.69) is 47.7 Å². The van der Waals surface area contributed by atoms with Gasteiger partial charge in [0.05, 0.1) is 29.9 Å². The summed E-state index contributed by atoms with van der Waals surface area (Å²) in [6.45, 7) is 8.52. The molecule has 6 rings (SSSR count). The lowest BCUT2D eigenvalue weighted by Gasteiger charge is -2.14. The van der Waals surface area contributed by atoms with Gasteiger partial charge in [-0.25, -0.2) is 4.98 Å². The summed E-state index contributed by atoms with van der Waals surface area (Å²) >= 11 is 0. The summed E-state index contributed by atoms with van der Waals surface area (Å²) in [5.74, 6) is 2.88. The van der Waals surface area contributed by atoms with Crippen LogP contribution in [0, 0.1) is 6.92 Å². The predicted molar refractivity (Wildman–Crippen MR) is 160 cm³/mol. The quantitative estimate of drug-likeness (QED) is 0.240. The first-order valence-corrected chi connectivity index (χ1v) is 13.3. The maximum atomic E-state index is 12.8. The van der Waals surface area contributed by atoms with Gasteiger partial charge < -0.3 is 19.0 Å². The molecule has 2 aromatic carbocycles. The average Bonchev–Trinajstić information content (AvgIpc) is 3.67. The molecule has 0 spiro atoms. The molecule has 1 N–H and O–H groups in total. The summed E-state index contributed by atoms with van der Waals surface area (Å²) in [6.07, 6.45) is 9.23. The molecular formula is C33H29N5O3. The summed E-state index contributed by atoms with van der Waals surface area (Å²) in [5, 5.41) is 7.65. The molecule has 0 unspecified atom stereocenters. The fourth-order valence-corrected chi connectivity index (χ4v) is 4.90. The third kappa shape index (κ3) is 5.67. The smallest absolute Gasteiger partial charge is 0.249 e. The highest BCUT2D eigenvalue weighted by atomic mass is 16.5. The number of amides is 1. The molecule has 41 heavy (non-hydrogen) atoms. The lowest BCUT2D eigenvalue weighted by Crippen LogP contribution is -2.16. The minimum atomic E-state index is -0.314. The van der Waals surface area contributed by atoms with Crippen molar-refractivity contribution in [2.45, 2.75) is 26.8 Å². The standard InChI is InChI=1S/C33H29N5O3/c1-4-29-30-17-22(2)16-24-8-5-10-27(19-24)41-28-11-6-9-25(20-28)21-37(30)33(34-29)38-31(18-23(3)36-38)35-32(39)14-13-26-12-7-15-40-26/h4-15,17-20H,1,16,21H2,2-3H3,(H,35,39). The van der Waals surface area contributed by atoms with Gasteiger partial charge in [0, 0.05) is 12.1 Å². The third-order valence-corrected chi connectivity index (χ3v) is 6.66. The number of carbonyl (C=O) groups excluding carboxylic acids is 1. The van der Waals surface area contributed by atoms with Gasteiger partial charge in [0.15, 0.2) is 0 Å². The van der Waals surface area contributed by atoms with Gasteiger partial charge in [0.2, 0.25) is 11.9 Å². The largest absolute Gasteiger partial charge is 0.465 e. The van der Waals surface area contributed by atoms with E-state index in [0.29, 0.717) is 24.1 Å². The monoisotopic (exact) mass is 543 g/mol. The van der Waals surface area contributed by atoms with E-state index in [0.717, 1.165) is 51.7 Å². The molecule has 1 aliphatic rings. The van der Waals surface area contributed by atoms with Gasteiger partial charge in [-0.15, -0.1) is 0 Å². The normalized spacial score (nSPS) is 12.9. The molecule has 0 atom stereocenters. The Bertz CT molecular complexity index is 1800. The lowest BCUT2D eigenvalue weighted by atomic mass is 10.0. The Morgan fingerprint density at radius 3 is 2.56 bits per heavy atom. The van der Waals surface area contributed by atoms with Gasteiger partial charge >= 0.3 is 0 Å². The Morgan fingerprint density at radius 2 is 1.80 bits per heavy atom. The third-order valence-electron chi connectivity index (χ3n) is 6.66. The first kappa shape index (κ1) is 25.9. The van der Waals surface area contributed by atoms with E-state index in [4.69, 9.17) is 19.2 Å². The maximum absolute atomic E-state index is 12.8. The fraction of sp³-hybridized carbons (Fsp3) is 0.121. The van der Waals surface area contributed by atoms with Crippen LogP contribution in [0.4, 0.5) is 5.82 Å². The molecule has 1 aliphatic heterocycles. The van der Waals surface area contributed by atoms with Crippen LogP contribution in [0.1, 0.15) is 40.9 Å². The first-order chi connectivity index (χ1) is 19.9. The van der Waals surface area contributed by atoms with Gasteiger partial charge in [0.1, 0.15) is 23.1 Å². The van der Waals surface area contributed by atoms with Crippen LogP contribution in [-0.2, 0) is 17.8 Å². The Labute approximate surface area is 237 Å². The number of anilines is 1. The molecular weight excluding hydrogens is 514 g/mol. The number of imidazole rings is 1. The topological polar surface area (TPSA) is 87.1 Å². The van der Waals surface area contributed by atoms with E-state index in [1.165, 1.54) is 6.08 Å². The number of fused-ring (bicyclic) bond motifs is 5. The Hall–Kier alpha value is -5.37. The molecule has 0 fully saturated rings. The van der Waals surface area contributed by atoms with Crippen molar-refractivity contribution in [1.82, 2.24) is 19.3 Å². The van der Waals surface area contributed by atoms with E-state index in [-0.39, 0.29) is 5.91 Å². The lowest BCUT2D eigenvalue weighted by molar-refractivity contribution is -0.111. The fourth-order valence-electron chi connectivity index (χ4n) is 4.90. The number of aromatic nitrogens is 4. The number of furan rings is 1. The molecule has 1 amide bonds. The SMILES string of the molecule is C=Cc1nc(-n2nc(C)cc2NC(=O)C=Cc2ccco2)n2c1C=C(C)Cc1cccc(c1)Oc1cccc(c1)C2. The number of ether oxygens (including phenoxy) is 1. The van der Waals surface area contributed by atoms with E-state index < -0.39 is 0 Å². The van der Waals surface area contributed by atoms with Crippen molar-refractivity contribution < 1.29 is 13.9 Å². The maximum Gasteiger partial charge on any atom is 0.249 e. The van der Waals surface area contributed by atoms with E-state index >= 15 is 0 Å². The predicted octanol–water partition coefficient (Wildman–Crippen LogP) is 7.07. The van der Waals surface area contributed by atoms with Crippen LogP contribution in [0.3, 0.4) is 0 Å². The van der Waals surface area contributed by atoms with Gasteiger partial charge in [-0.05, 0) is 86.0 Å². The summed E-state index contributed by atoms with van der Waals surface area (Å²) < 4.78 is 15.3. The molecule has 0 aliphatic carbocycles. The molecule has 8 nitrogen and oxygen atoms in total. The highest BCUT2D eigenvalue weighted by Gasteiger charge is 2.21. The number of allylic oxidation sites excluding steroid dienone is 1. The van der Waals surface area contributed by atoms with Crippen molar-refractivity contribution >= 4 is 30.0 Å². The van der Waals surface area contributed by atoms with Crippen molar-refractivity contribution in [3.63, 3.8) is 0 Å². The second kappa shape index (κ2) is 11.0. The highest BCUT2D eigenvalue weighted by molar-refractivity contribution is 6.01. The Balaban J connectivity index is 1.45. The molecule has 3 aromatic heterocycles. The zero-order chi connectivity index (χ0) is 28.3. The van der Waals surface area contributed by atoms with Crippen molar-refractivity contribution in [2.75, 3.05) is 5.32 Å². The van der Waals surface area contributed by atoms with Crippen LogP contribution in [0.5, 0.6) is 11.5 Å². The van der Waals surface area contributed by atoms with Crippen LogP contribution in [-0.4, -0.2) is 25.2 Å². The van der Waals surface area contributed by atoms with Gasteiger partial charge in [-0.3, -0.25) is 4.79 Å². The van der Waals surface area contributed by atoms with Crippen molar-refractivity contribution in [3.8, 4) is 17.4 Å². The van der Waals surface area contributed by atoms with E-state index in [1.54, 1.807) is 35.2 Å². The first-order valence-electron chi connectivity index (χ1n) is 13.3. The van der Waals surface area contributed by atoms with Gasteiger partial charge in [-0.1, -0.05) is 36.4 Å². The molecule has 4 heterocycles. The second-order valence-electron chi connectivity index (χ2n) is 9.96. The summed E-state index contributed by atoms with van der Waals surface area (Å²) in [4.78, 5) is 17.8. The number of carbonyl (C=O) groups is 1. The van der Waals surface area contributed by atoms with Crippen LogP contribution in [0.2, 0.25) is 0 Å². The number of nitrogens with zero attached hydrogens (tertiary/aromatic N) is 4. The number of rotatable bonds is 5. The van der Waals surface area contributed by atoms with Crippen LogP contribution >= 0.6 is 0 Å². The van der Waals surface area contributed by atoms with Gasteiger partial charge in [0.25, 0.3) is 0 Å². The van der Waals surface area contributed by atoms with Crippen molar-refractivity contribution in [2.24, 2.45) is 0 Å². The van der Waals surface area contributed by atoms with Crippen molar-refractivity contribution in [3.05, 3.63) is 125 Å². The molecule has 204 valence electrons. The van der Waals surface area contributed by atoms with Crippen molar-refractivity contribution in [1.29, 1.82) is 0 Å². The average molecular weight is 544 g/mol. The molecule has 5 aromatic rings. The van der Waals surface area contributed by atoms with Crippen LogP contribution in [0.25, 0.3) is 24.2 Å². The number of nitrogens with one attached hydrogen (secondary N) is 1. The number of aryl methyl sites for hydroxylation is 1. The summed E-state index contributed by atoms with van der Waals surface area (Å²) in [7, 11) is 0. The van der Waals surface area contributed by atoms with Crippen LogP contribution in [0.15, 0.2) is 95.6 Å². The van der Waals surface area contributed by atoms with Gasteiger partial charge in [-0.2, -0.15) is 9.78 Å². The second-order valence-corrected chi connectivity index (χ2v) is 9.96. The number of hydrogen-bond donors (Lipinski definition) is 1. The minimum absolute atomic E-state index is 0.314. The van der Waals surface area contributed by atoms with E-state index in [9.17, 15) is 4.79 Å². The molecule has 4 bridgehead atoms.